The molecule has 1 N–H and O–H groups in total. The van der Waals surface area contributed by atoms with Crippen LogP contribution in [0.2, 0.25) is 0 Å². The first-order valence-electron chi connectivity index (χ1n) is 8.40. The third-order valence-electron chi connectivity index (χ3n) is 4.08. The lowest BCUT2D eigenvalue weighted by atomic mass is 10.1. The number of carbonyl (C=O) groups is 1. The fraction of sp³-hybridized carbons (Fsp3) is 0.350. The summed E-state index contributed by atoms with van der Waals surface area (Å²) in [6, 6.07) is 17.4. The van der Waals surface area contributed by atoms with E-state index < -0.39 is 0 Å². The molecule has 0 unspecified atom stereocenters. The van der Waals surface area contributed by atoms with Gasteiger partial charge in [-0.15, -0.1) is 0 Å². The molecule has 2 rings (SSSR count). The van der Waals surface area contributed by atoms with Gasteiger partial charge in [0.25, 0.3) is 5.91 Å². The number of amides is 1. The van der Waals surface area contributed by atoms with Crippen LogP contribution in [-0.4, -0.2) is 30.4 Å². The number of benzene rings is 2. The highest BCUT2D eigenvalue weighted by Gasteiger charge is 2.05. The minimum absolute atomic E-state index is 0.0696. The molecule has 0 aliphatic heterocycles. The van der Waals surface area contributed by atoms with Crippen LogP contribution in [0.4, 0.5) is 5.69 Å². The van der Waals surface area contributed by atoms with Gasteiger partial charge >= 0.3 is 0 Å². The lowest BCUT2D eigenvalue weighted by Gasteiger charge is -2.17. The Hall–Kier alpha value is -2.13. The number of nitrogens with one attached hydrogen (secondary N) is 1. The molecule has 0 atom stereocenters. The number of carbonyl (C=O) groups excluding carboxylic acids is 1. The number of hydrogen-bond donors (Lipinski definition) is 1. The molecule has 0 spiro atoms. The van der Waals surface area contributed by atoms with Crippen LogP contribution >= 0.6 is 0 Å². The molecule has 0 aromatic heterocycles. The molecule has 0 aliphatic rings. The summed E-state index contributed by atoms with van der Waals surface area (Å²) in [6.07, 6.45) is 2.24. The van der Waals surface area contributed by atoms with Crippen molar-refractivity contribution in [2.24, 2.45) is 0 Å². The fourth-order valence-corrected chi connectivity index (χ4v) is 2.59. The first-order chi connectivity index (χ1) is 11.2. The largest absolute Gasteiger partial charge is 0.322 e. The van der Waals surface area contributed by atoms with Gasteiger partial charge in [0.15, 0.2) is 0 Å². The van der Waals surface area contributed by atoms with Crippen molar-refractivity contribution in [2.45, 2.75) is 26.7 Å². The maximum Gasteiger partial charge on any atom is 0.255 e. The van der Waals surface area contributed by atoms with Gasteiger partial charge in [-0.05, 0) is 62.3 Å². The van der Waals surface area contributed by atoms with Crippen LogP contribution in [0.25, 0.3) is 0 Å². The molecule has 0 bridgehead atoms. The molecule has 23 heavy (non-hydrogen) atoms. The van der Waals surface area contributed by atoms with E-state index in [1.54, 1.807) is 0 Å². The van der Waals surface area contributed by atoms with Gasteiger partial charge in [-0.1, -0.05) is 44.2 Å². The van der Waals surface area contributed by atoms with Gasteiger partial charge in [-0.2, -0.15) is 0 Å². The topological polar surface area (TPSA) is 32.3 Å². The number of nitrogens with zero attached hydrogens (tertiary/aromatic N) is 1. The van der Waals surface area contributed by atoms with Crippen molar-refractivity contribution in [2.75, 3.05) is 25.0 Å². The monoisotopic (exact) mass is 310 g/mol. The fourth-order valence-electron chi connectivity index (χ4n) is 2.59. The first-order valence-corrected chi connectivity index (χ1v) is 8.40. The number of rotatable bonds is 8. The minimum Gasteiger partial charge on any atom is -0.322 e. The Balaban J connectivity index is 1.84. The van der Waals surface area contributed by atoms with E-state index in [1.807, 2.05) is 42.5 Å². The lowest BCUT2D eigenvalue weighted by Crippen LogP contribution is -2.24. The third-order valence-corrected chi connectivity index (χ3v) is 4.08. The molecule has 3 heteroatoms. The van der Waals surface area contributed by atoms with E-state index in [1.165, 1.54) is 5.56 Å². The maximum atomic E-state index is 12.1. The Morgan fingerprint density at radius 3 is 2.22 bits per heavy atom. The third kappa shape index (κ3) is 5.53. The minimum atomic E-state index is -0.0696. The van der Waals surface area contributed by atoms with E-state index in [0.29, 0.717) is 5.56 Å². The van der Waals surface area contributed by atoms with Gasteiger partial charge in [0.05, 0.1) is 0 Å². The van der Waals surface area contributed by atoms with Crippen LogP contribution in [0.15, 0.2) is 54.6 Å². The second-order valence-electron chi connectivity index (χ2n) is 5.65. The summed E-state index contributed by atoms with van der Waals surface area (Å²) in [5, 5.41) is 2.93. The van der Waals surface area contributed by atoms with Crippen LogP contribution < -0.4 is 5.32 Å². The van der Waals surface area contributed by atoms with Gasteiger partial charge < -0.3 is 10.2 Å². The van der Waals surface area contributed by atoms with Crippen molar-refractivity contribution in [3.8, 4) is 0 Å². The molecule has 0 aliphatic carbocycles. The normalized spacial score (nSPS) is 10.7. The van der Waals surface area contributed by atoms with Crippen molar-refractivity contribution in [3.05, 3.63) is 65.7 Å². The van der Waals surface area contributed by atoms with E-state index in [-0.39, 0.29) is 5.91 Å². The summed E-state index contributed by atoms with van der Waals surface area (Å²) < 4.78 is 0. The molecule has 122 valence electrons. The maximum absolute atomic E-state index is 12.1. The van der Waals surface area contributed by atoms with E-state index in [0.717, 1.165) is 38.2 Å². The summed E-state index contributed by atoms with van der Waals surface area (Å²) in [5.41, 5.74) is 2.83. The first kappa shape index (κ1) is 17.2. The Labute approximate surface area is 139 Å². The summed E-state index contributed by atoms with van der Waals surface area (Å²) in [4.78, 5) is 14.5. The molecular weight excluding hydrogens is 284 g/mol. The smallest absolute Gasteiger partial charge is 0.255 e. The summed E-state index contributed by atoms with van der Waals surface area (Å²) in [6.45, 7) is 7.77. The van der Waals surface area contributed by atoms with Crippen LogP contribution in [0.5, 0.6) is 0 Å². The van der Waals surface area contributed by atoms with Crippen LogP contribution in [0, 0.1) is 0 Å². The molecule has 2 aromatic carbocycles. The SMILES string of the molecule is CCN(CC)CCCc1ccc(NC(=O)c2ccccc2)cc1. The Bertz CT molecular complexity index is 589. The molecule has 1 amide bonds. The van der Waals surface area contributed by atoms with Gasteiger partial charge in [-0.3, -0.25) is 4.79 Å². The Morgan fingerprint density at radius 1 is 0.957 bits per heavy atom. The van der Waals surface area contributed by atoms with Crippen molar-refractivity contribution < 1.29 is 4.79 Å². The zero-order valence-electron chi connectivity index (χ0n) is 14.1. The van der Waals surface area contributed by atoms with E-state index in [4.69, 9.17) is 0 Å². The zero-order chi connectivity index (χ0) is 16.5. The van der Waals surface area contributed by atoms with Crippen molar-refractivity contribution in [1.82, 2.24) is 4.90 Å². The highest BCUT2D eigenvalue weighted by atomic mass is 16.1. The molecule has 0 radical (unpaired) electrons. The van der Waals surface area contributed by atoms with Gasteiger partial charge in [-0.25, -0.2) is 0 Å². The van der Waals surface area contributed by atoms with E-state index >= 15 is 0 Å². The quantitative estimate of drug-likeness (QED) is 0.792. The molecule has 0 saturated carbocycles. The molecule has 2 aromatic rings. The van der Waals surface area contributed by atoms with E-state index in [9.17, 15) is 4.79 Å². The molecule has 0 fully saturated rings. The molecule has 3 nitrogen and oxygen atoms in total. The van der Waals surface area contributed by atoms with Crippen LogP contribution in [0.3, 0.4) is 0 Å². The summed E-state index contributed by atoms with van der Waals surface area (Å²) in [5.74, 6) is -0.0696. The van der Waals surface area contributed by atoms with E-state index in [2.05, 4.69) is 36.2 Å². The molecule has 0 saturated heterocycles. The van der Waals surface area contributed by atoms with Gasteiger partial charge in [0.1, 0.15) is 0 Å². The van der Waals surface area contributed by atoms with Crippen molar-refractivity contribution >= 4 is 11.6 Å². The number of hydrogen-bond acceptors (Lipinski definition) is 2. The predicted molar refractivity (Wildman–Crippen MR) is 96.9 cm³/mol. The number of anilines is 1. The second-order valence-corrected chi connectivity index (χ2v) is 5.65. The average molecular weight is 310 g/mol. The van der Waals surface area contributed by atoms with Gasteiger partial charge in [0, 0.05) is 11.3 Å². The standard InChI is InChI=1S/C20H26N2O/c1-3-22(4-2)16-8-9-17-12-14-19(15-13-17)21-20(23)18-10-6-5-7-11-18/h5-7,10-15H,3-4,8-9,16H2,1-2H3,(H,21,23). The average Bonchev–Trinajstić information content (AvgIpc) is 2.61. The highest BCUT2D eigenvalue weighted by Crippen LogP contribution is 2.13. The molecule has 0 heterocycles. The predicted octanol–water partition coefficient (Wildman–Crippen LogP) is 4.21. The Morgan fingerprint density at radius 2 is 1.61 bits per heavy atom. The summed E-state index contributed by atoms with van der Waals surface area (Å²) >= 11 is 0. The molecular formula is C20H26N2O. The highest BCUT2D eigenvalue weighted by molar-refractivity contribution is 6.04. The van der Waals surface area contributed by atoms with Crippen LogP contribution in [-0.2, 0) is 6.42 Å². The van der Waals surface area contributed by atoms with Crippen molar-refractivity contribution in [3.63, 3.8) is 0 Å². The lowest BCUT2D eigenvalue weighted by molar-refractivity contribution is 0.102. The second kappa shape index (κ2) is 9.11. The number of aryl methyl sites for hydroxylation is 1. The Kier molecular flexibility index (Phi) is 6.82. The van der Waals surface area contributed by atoms with Gasteiger partial charge in [0.2, 0.25) is 0 Å². The zero-order valence-corrected chi connectivity index (χ0v) is 14.1. The summed E-state index contributed by atoms with van der Waals surface area (Å²) in [7, 11) is 0. The van der Waals surface area contributed by atoms with Crippen molar-refractivity contribution in [1.29, 1.82) is 0 Å². The van der Waals surface area contributed by atoms with Crippen LogP contribution in [0.1, 0.15) is 36.2 Å².